The van der Waals surface area contributed by atoms with Gasteiger partial charge < -0.3 is 9.88 Å². The zero-order valence-electron chi connectivity index (χ0n) is 15.8. The van der Waals surface area contributed by atoms with Crippen LogP contribution in [0.3, 0.4) is 0 Å². The first-order valence-electron chi connectivity index (χ1n) is 9.85. The Morgan fingerprint density at radius 2 is 1.93 bits per heavy atom. The summed E-state index contributed by atoms with van der Waals surface area (Å²) in [5.41, 5.74) is 1.23. The molecule has 1 aromatic heterocycles. The second kappa shape index (κ2) is 8.13. The van der Waals surface area contributed by atoms with Gasteiger partial charge in [-0.05, 0) is 37.6 Å². The van der Waals surface area contributed by atoms with E-state index in [-0.39, 0.29) is 0 Å². The second-order valence-electron chi connectivity index (χ2n) is 7.68. The van der Waals surface area contributed by atoms with Crippen molar-refractivity contribution in [1.29, 1.82) is 0 Å². The summed E-state index contributed by atoms with van der Waals surface area (Å²) in [6.45, 7) is 6.32. The number of aromatic amines is 1. The van der Waals surface area contributed by atoms with E-state index in [2.05, 4.69) is 24.7 Å². The van der Waals surface area contributed by atoms with Crippen LogP contribution in [0.25, 0.3) is 0 Å². The molecule has 2 saturated heterocycles. The fourth-order valence-electron chi connectivity index (χ4n) is 4.31. The van der Waals surface area contributed by atoms with Crippen molar-refractivity contribution in [2.45, 2.75) is 31.6 Å². The molecular weight excluding hydrogens is 367 g/mol. The molecule has 1 aromatic carbocycles. The van der Waals surface area contributed by atoms with Gasteiger partial charge >= 0.3 is 6.18 Å². The van der Waals surface area contributed by atoms with Crippen molar-refractivity contribution in [3.05, 3.63) is 48.0 Å². The van der Waals surface area contributed by atoms with E-state index in [0.717, 1.165) is 57.6 Å². The number of hydrogen-bond acceptors (Lipinski definition) is 4. The Kier molecular flexibility index (Phi) is 5.59. The van der Waals surface area contributed by atoms with Crippen molar-refractivity contribution in [3.63, 3.8) is 0 Å². The molecule has 0 saturated carbocycles. The minimum atomic E-state index is -4.29. The second-order valence-corrected chi connectivity index (χ2v) is 7.68. The van der Waals surface area contributed by atoms with E-state index in [0.29, 0.717) is 11.7 Å². The third-order valence-corrected chi connectivity index (χ3v) is 5.80. The molecule has 0 radical (unpaired) electrons. The number of nitrogens with one attached hydrogen (secondary N) is 1. The number of piperazine rings is 1. The molecule has 1 N–H and O–H groups in total. The van der Waals surface area contributed by atoms with Gasteiger partial charge in [0.2, 0.25) is 0 Å². The van der Waals surface area contributed by atoms with Gasteiger partial charge in [-0.15, -0.1) is 0 Å². The Morgan fingerprint density at radius 3 is 2.64 bits per heavy atom. The molecule has 0 amide bonds. The minimum Gasteiger partial charge on any atom is -0.369 e. The first kappa shape index (κ1) is 19.3. The lowest BCUT2D eigenvalue weighted by Crippen LogP contribution is -2.55. The summed E-state index contributed by atoms with van der Waals surface area (Å²) in [7, 11) is 0. The van der Waals surface area contributed by atoms with E-state index in [9.17, 15) is 13.2 Å². The van der Waals surface area contributed by atoms with Crippen LogP contribution in [-0.4, -0.2) is 65.1 Å². The normalized spacial score (nSPS) is 22.5. The van der Waals surface area contributed by atoms with Crippen LogP contribution >= 0.6 is 0 Å². The molecule has 0 bridgehead atoms. The Labute approximate surface area is 163 Å². The fourth-order valence-corrected chi connectivity index (χ4v) is 4.31. The zero-order valence-corrected chi connectivity index (χ0v) is 15.8. The van der Waals surface area contributed by atoms with Crippen LogP contribution in [0.4, 0.5) is 18.9 Å². The lowest BCUT2D eigenvalue weighted by Gasteiger charge is -2.44. The maximum atomic E-state index is 13.0. The van der Waals surface area contributed by atoms with E-state index >= 15 is 0 Å². The summed E-state index contributed by atoms with van der Waals surface area (Å²) in [5, 5.41) is 0. The average molecular weight is 393 g/mol. The molecule has 28 heavy (non-hydrogen) atoms. The van der Waals surface area contributed by atoms with E-state index in [1.165, 1.54) is 25.0 Å². The van der Waals surface area contributed by atoms with Gasteiger partial charge in [0.1, 0.15) is 0 Å². The highest BCUT2D eigenvalue weighted by atomic mass is 19.4. The van der Waals surface area contributed by atoms with Crippen molar-refractivity contribution < 1.29 is 13.2 Å². The standard InChI is InChI=1S/C20H26F3N5/c21-20(22,23)16-3-1-4-18(11-16)27-7-9-28(10-8-27)19-5-2-6-26(14-19)13-17-12-24-15-25-17/h1,3-4,11-12,15,19H,2,5-10,13-14H2,(H,24,25). The first-order chi connectivity index (χ1) is 13.5. The summed E-state index contributed by atoms with van der Waals surface area (Å²) in [5.74, 6) is 0. The number of hydrogen-bond donors (Lipinski definition) is 1. The van der Waals surface area contributed by atoms with Crippen molar-refractivity contribution in [2.24, 2.45) is 0 Å². The largest absolute Gasteiger partial charge is 0.416 e. The van der Waals surface area contributed by atoms with Gasteiger partial charge in [-0.25, -0.2) is 4.98 Å². The SMILES string of the molecule is FC(F)(F)c1cccc(N2CCN(C3CCCN(Cc4cnc[nH]4)C3)CC2)c1. The molecule has 8 heteroatoms. The predicted octanol–water partition coefficient (Wildman–Crippen LogP) is 3.22. The molecule has 1 unspecified atom stereocenters. The van der Waals surface area contributed by atoms with E-state index in [4.69, 9.17) is 0 Å². The van der Waals surface area contributed by atoms with E-state index in [1.54, 1.807) is 12.4 Å². The molecule has 2 aromatic rings. The number of aromatic nitrogens is 2. The number of likely N-dealkylation sites (tertiary alicyclic amines) is 1. The van der Waals surface area contributed by atoms with Crippen LogP contribution in [0, 0.1) is 0 Å². The predicted molar refractivity (Wildman–Crippen MR) is 102 cm³/mol. The molecule has 0 aliphatic carbocycles. The van der Waals surface area contributed by atoms with Crippen LogP contribution in [0.1, 0.15) is 24.1 Å². The number of benzene rings is 1. The van der Waals surface area contributed by atoms with Crippen molar-refractivity contribution in [2.75, 3.05) is 44.2 Å². The summed E-state index contributed by atoms with van der Waals surface area (Å²) in [6.07, 6.45) is 1.65. The molecule has 2 aliphatic heterocycles. The Balaban J connectivity index is 1.32. The first-order valence-corrected chi connectivity index (χ1v) is 9.85. The highest BCUT2D eigenvalue weighted by Gasteiger charge is 2.32. The zero-order chi connectivity index (χ0) is 19.6. The molecule has 4 rings (SSSR count). The molecule has 3 heterocycles. The average Bonchev–Trinajstić information content (AvgIpc) is 3.21. The molecule has 5 nitrogen and oxygen atoms in total. The smallest absolute Gasteiger partial charge is 0.369 e. The van der Waals surface area contributed by atoms with E-state index in [1.807, 2.05) is 6.20 Å². The minimum absolute atomic E-state index is 0.514. The maximum Gasteiger partial charge on any atom is 0.416 e. The van der Waals surface area contributed by atoms with Crippen molar-refractivity contribution in [1.82, 2.24) is 19.8 Å². The number of nitrogens with zero attached hydrogens (tertiary/aromatic N) is 4. The van der Waals surface area contributed by atoms with Crippen molar-refractivity contribution >= 4 is 5.69 Å². The topological polar surface area (TPSA) is 38.4 Å². The third kappa shape index (κ3) is 4.50. The molecular formula is C20H26F3N5. The Hall–Kier alpha value is -2.06. The fraction of sp³-hybridized carbons (Fsp3) is 0.550. The van der Waals surface area contributed by atoms with E-state index < -0.39 is 11.7 Å². The number of imidazole rings is 1. The number of halogens is 3. The number of piperidine rings is 1. The van der Waals surface area contributed by atoms with Gasteiger partial charge in [0.05, 0.1) is 11.9 Å². The molecule has 2 aliphatic rings. The summed E-state index contributed by atoms with van der Waals surface area (Å²) >= 11 is 0. The number of rotatable bonds is 4. The van der Waals surface area contributed by atoms with Gasteiger partial charge in [-0.3, -0.25) is 9.80 Å². The van der Waals surface area contributed by atoms with Gasteiger partial charge in [0, 0.05) is 62.9 Å². The van der Waals surface area contributed by atoms with Crippen LogP contribution in [-0.2, 0) is 12.7 Å². The maximum absolute atomic E-state index is 13.0. The van der Waals surface area contributed by atoms with Crippen molar-refractivity contribution in [3.8, 4) is 0 Å². The molecule has 0 spiro atoms. The number of alkyl halides is 3. The van der Waals surface area contributed by atoms with Gasteiger partial charge in [0.25, 0.3) is 0 Å². The Morgan fingerprint density at radius 1 is 1.11 bits per heavy atom. The molecule has 2 fully saturated rings. The summed E-state index contributed by atoms with van der Waals surface area (Å²) in [6, 6.07) is 6.19. The Bertz CT molecular complexity index is 753. The van der Waals surface area contributed by atoms with Crippen LogP contribution in [0.15, 0.2) is 36.8 Å². The summed E-state index contributed by atoms with van der Waals surface area (Å²) in [4.78, 5) is 14.3. The monoisotopic (exact) mass is 393 g/mol. The van der Waals surface area contributed by atoms with Gasteiger partial charge in [-0.2, -0.15) is 13.2 Å². The highest BCUT2D eigenvalue weighted by molar-refractivity contribution is 5.49. The van der Waals surface area contributed by atoms with Gasteiger partial charge in [0.15, 0.2) is 0 Å². The van der Waals surface area contributed by atoms with Gasteiger partial charge in [-0.1, -0.05) is 6.07 Å². The summed E-state index contributed by atoms with van der Waals surface area (Å²) < 4.78 is 38.9. The quantitative estimate of drug-likeness (QED) is 0.866. The highest BCUT2D eigenvalue weighted by Crippen LogP contribution is 2.32. The molecule has 1 atom stereocenters. The van der Waals surface area contributed by atoms with Crippen LogP contribution in [0.5, 0.6) is 0 Å². The molecule has 152 valence electrons. The van der Waals surface area contributed by atoms with Crippen LogP contribution in [0.2, 0.25) is 0 Å². The lowest BCUT2D eigenvalue weighted by atomic mass is 10.0. The lowest BCUT2D eigenvalue weighted by molar-refractivity contribution is -0.137. The number of anilines is 1. The number of H-pyrrole nitrogens is 1. The third-order valence-electron chi connectivity index (χ3n) is 5.80. The van der Waals surface area contributed by atoms with Crippen LogP contribution < -0.4 is 4.90 Å².